The van der Waals surface area contributed by atoms with Crippen molar-refractivity contribution in [3.8, 4) is 5.75 Å². The van der Waals surface area contributed by atoms with Crippen molar-refractivity contribution >= 4 is 5.91 Å². The van der Waals surface area contributed by atoms with Gasteiger partial charge in [-0.05, 0) is 52.3 Å². The van der Waals surface area contributed by atoms with Crippen LogP contribution in [0.1, 0.15) is 32.3 Å². The SMILES string of the molecule is CNC[C@H]1CCCN(C(=O)Cc2ccccc2OC(C)C)C1. The second kappa shape index (κ2) is 8.18. The first kappa shape index (κ1) is 16.8. The van der Waals surface area contributed by atoms with Crippen molar-refractivity contribution in [2.75, 3.05) is 26.7 Å². The Hall–Kier alpha value is -1.55. The second-order valence-corrected chi connectivity index (χ2v) is 6.36. The Labute approximate surface area is 133 Å². The monoisotopic (exact) mass is 304 g/mol. The van der Waals surface area contributed by atoms with Crippen LogP contribution in [-0.2, 0) is 11.2 Å². The van der Waals surface area contributed by atoms with Gasteiger partial charge in [-0.2, -0.15) is 0 Å². The van der Waals surface area contributed by atoms with Gasteiger partial charge in [0.05, 0.1) is 12.5 Å². The Bertz CT molecular complexity index is 486. The fourth-order valence-corrected chi connectivity index (χ4v) is 3.04. The maximum atomic E-state index is 12.6. The minimum atomic E-state index is 0.117. The van der Waals surface area contributed by atoms with Gasteiger partial charge in [0.2, 0.25) is 5.91 Å². The van der Waals surface area contributed by atoms with Gasteiger partial charge in [-0.15, -0.1) is 0 Å². The quantitative estimate of drug-likeness (QED) is 0.878. The van der Waals surface area contributed by atoms with E-state index in [2.05, 4.69) is 5.32 Å². The molecule has 1 aromatic carbocycles. The summed E-state index contributed by atoms with van der Waals surface area (Å²) < 4.78 is 5.81. The van der Waals surface area contributed by atoms with E-state index in [1.165, 1.54) is 6.42 Å². The van der Waals surface area contributed by atoms with E-state index < -0.39 is 0 Å². The maximum Gasteiger partial charge on any atom is 0.227 e. The zero-order valence-electron chi connectivity index (χ0n) is 14.0. The molecule has 0 spiro atoms. The molecule has 22 heavy (non-hydrogen) atoms. The lowest BCUT2D eigenvalue weighted by Gasteiger charge is -2.33. The van der Waals surface area contributed by atoms with E-state index in [1.807, 2.05) is 50.1 Å². The Kier molecular flexibility index (Phi) is 6.25. The number of likely N-dealkylation sites (tertiary alicyclic amines) is 1. The number of benzene rings is 1. The number of rotatable bonds is 6. The van der Waals surface area contributed by atoms with Gasteiger partial charge < -0.3 is 15.0 Å². The third-order valence-corrected chi connectivity index (χ3v) is 4.04. The van der Waals surface area contributed by atoms with Gasteiger partial charge in [0.1, 0.15) is 5.75 Å². The number of piperidine rings is 1. The highest BCUT2D eigenvalue weighted by molar-refractivity contribution is 5.79. The molecule has 1 atom stereocenters. The number of carbonyl (C=O) groups is 1. The van der Waals surface area contributed by atoms with Crippen LogP contribution in [0.25, 0.3) is 0 Å². The Morgan fingerprint density at radius 3 is 2.91 bits per heavy atom. The molecule has 0 bridgehead atoms. The highest BCUT2D eigenvalue weighted by atomic mass is 16.5. The zero-order chi connectivity index (χ0) is 15.9. The van der Waals surface area contributed by atoms with E-state index in [-0.39, 0.29) is 12.0 Å². The average Bonchev–Trinajstić information content (AvgIpc) is 2.49. The van der Waals surface area contributed by atoms with E-state index in [1.54, 1.807) is 0 Å². The topological polar surface area (TPSA) is 41.6 Å². The van der Waals surface area contributed by atoms with Crippen LogP contribution in [0.5, 0.6) is 5.75 Å². The summed E-state index contributed by atoms with van der Waals surface area (Å²) in [6.45, 7) is 6.74. The molecule has 1 aromatic rings. The lowest BCUT2D eigenvalue weighted by atomic mass is 9.97. The highest BCUT2D eigenvalue weighted by Gasteiger charge is 2.23. The first-order valence-corrected chi connectivity index (χ1v) is 8.27. The van der Waals surface area contributed by atoms with E-state index in [9.17, 15) is 4.79 Å². The van der Waals surface area contributed by atoms with Gasteiger partial charge in [-0.3, -0.25) is 4.79 Å². The van der Waals surface area contributed by atoms with Crippen LogP contribution >= 0.6 is 0 Å². The summed E-state index contributed by atoms with van der Waals surface area (Å²) in [7, 11) is 1.97. The number of nitrogens with zero attached hydrogens (tertiary/aromatic N) is 1. The van der Waals surface area contributed by atoms with Crippen LogP contribution in [-0.4, -0.2) is 43.6 Å². The van der Waals surface area contributed by atoms with E-state index in [0.29, 0.717) is 12.3 Å². The second-order valence-electron chi connectivity index (χ2n) is 6.36. The molecule has 0 saturated carbocycles. The standard InChI is InChI=1S/C18H28N2O2/c1-14(2)22-17-9-5-4-8-16(17)11-18(21)20-10-6-7-15(13-20)12-19-3/h4-5,8-9,14-15,19H,6-7,10-13H2,1-3H3/t15-/m1/s1. The summed E-state index contributed by atoms with van der Waals surface area (Å²) in [5, 5.41) is 3.22. The minimum absolute atomic E-state index is 0.117. The molecular formula is C18H28N2O2. The van der Waals surface area contributed by atoms with Gasteiger partial charge in [-0.1, -0.05) is 18.2 Å². The summed E-state index contributed by atoms with van der Waals surface area (Å²) in [6.07, 6.45) is 2.85. The third-order valence-electron chi connectivity index (χ3n) is 4.04. The summed E-state index contributed by atoms with van der Waals surface area (Å²) in [5.74, 6) is 1.61. The molecule has 1 heterocycles. The molecule has 1 saturated heterocycles. The molecule has 1 fully saturated rings. The molecule has 1 aliphatic rings. The van der Waals surface area contributed by atoms with Gasteiger partial charge in [-0.25, -0.2) is 0 Å². The van der Waals surface area contributed by atoms with Crippen LogP contribution < -0.4 is 10.1 Å². The lowest BCUT2D eigenvalue weighted by molar-refractivity contribution is -0.132. The normalized spacial score (nSPS) is 18.5. The molecule has 2 rings (SSSR count). The number of hydrogen-bond donors (Lipinski definition) is 1. The van der Waals surface area contributed by atoms with Gasteiger partial charge >= 0.3 is 0 Å². The molecule has 0 aromatic heterocycles. The van der Waals surface area contributed by atoms with Gasteiger partial charge in [0, 0.05) is 18.7 Å². The third kappa shape index (κ3) is 4.73. The van der Waals surface area contributed by atoms with E-state index in [0.717, 1.165) is 37.4 Å². The van der Waals surface area contributed by atoms with Crippen LogP contribution in [0.3, 0.4) is 0 Å². The molecule has 4 heteroatoms. The molecular weight excluding hydrogens is 276 g/mol. The van der Waals surface area contributed by atoms with Crippen molar-refractivity contribution in [3.05, 3.63) is 29.8 Å². The molecule has 4 nitrogen and oxygen atoms in total. The lowest BCUT2D eigenvalue weighted by Crippen LogP contribution is -2.43. The number of nitrogens with one attached hydrogen (secondary N) is 1. The molecule has 1 aliphatic heterocycles. The molecule has 0 aliphatic carbocycles. The first-order valence-electron chi connectivity index (χ1n) is 8.27. The van der Waals surface area contributed by atoms with Gasteiger partial charge in [0.15, 0.2) is 0 Å². The van der Waals surface area contributed by atoms with Crippen molar-refractivity contribution in [1.82, 2.24) is 10.2 Å². The van der Waals surface area contributed by atoms with Crippen LogP contribution in [0, 0.1) is 5.92 Å². The van der Waals surface area contributed by atoms with Crippen LogP contribution in [0.15, 0.2) is 24.3 Å². The Morgan fingerprint density at radius 1 is 1.41 bits per heavy atom. The summed E-state index contributed by atoms with van der Waals surface area (Å²) in [4.78, 5) is 14.6. The fraction of sp³-hybridized carbons (Fsp3) is 0.611. The summed E-state index contributed by atoms with van der Waals surface area (Å²) >= 11 is 0. The Morgan fingerprint density at radius 2 is 2.18 bits per heavy atom. The highest BCUT2D eigenvalue weighted by Crippen LogP contribution is 2.22. The number of carbonyl (C=O) groups excluding carboxylic acids is 1. The zero-order valence-corrected chi connectivity index (χ0v) is 14.0. The maximum absolute atomic E-state index is 12.6. The molecule has 122 valence electrons. The molecule has 1 amide bonds. The summed E-state index contributed by atoms with van der Waals surface area (Å²) in [5.41, 5.74) is 0.983. The smallest absolute Gasteiger partial charge is 0.227 e. The van der Waals surface area contributed by atoms with E-state index in [4.69, 9.17) is 4.74 Å². The first-order chi connectivity index (χ1) is 10.6. The fourth-order valence-electron chi connectivity index (χ4n) is 3.04. The number of ether oxygens (including phenoxy) is 1. The van der Waals surface area contributed by atoms with E-state index >= 15 is 0 Å². The number of amides is 1. The molecule has 0 radical (unpaired) electrons. The van der Waals surface area contributed by atoms with Crippen molar-refractivity contribution < 1.29 is 9.53 Å². The van der Waals surface area contributed by atoms with Crippen molar-refractivity contribution in [2.45, 2.75) is 39.2 Å². The summed E-state index contributed by atoms with van der Waals surface area (Å²) in [6, 6.07) is 7.86. The van der Waals surface area contributed by atoms with Crippen molar-refractivity contribution in [2.24, 2.45) is 5.92 Å². The minimum Gasteiger partial charge on any atom is -0.491 e. The van der Waals surface area contributed by atoms with Crippen LogP contribution in [0.2, 0.25) is 0 Å². The number of para-hydroxylation sites is 1. The van der Waals surface area contributed by atoms with Crippen molar-refractivity contribution in [3.63, 3.8) is 0 Å². The molecule has 1 N–H and O–H groups in total. The Balaban J connectivity index is 1.99. The van der Waals surface area contributed by atoms with Crippen LogP contribution in [0.4, 0.5) is 0 Å². The number of hydrogen-bond acceptors (Lipinski definition) is 3. The predicted octanol–water partition coefficient (Wildman–Crippen LogP) is 2.47. The largest absolute Gasteiger partial charge is 0.491 e. The van der Waals surface area contributed by atoms with Crippen molar-refractivity contribution in [1.29, 1.82) is 0 Å². The molecule has 0 unspecified atom stereocenters. The van der Waals surface area contributed by atoms with Gasteiger partial charge in [0.25, 0.3) is 0 Å². The predicted molar refractivity (Wildman–Crippen MR) is 89.1 cm³/mol. The average molecular weight is 304 g/mol.